The Morgan fingerprint density at radius 2 is 1.47 bits per heavy atom. The van der Waals surface area contributed by atoms with Gasteiger partial charge >= 0.3 is 0 Å². The van der Waals surface area contributed by atoms with Crippen LogP contribution in [0.5, 0.6) is 0 Å². The molecule has 2 aromatic heterocycles. The molecule has 7 nitrogen and oxygen atoms in total. The normalized spacial score (nSPS) is 13.8. The van der Waals surface area contributed by atoms with E-state index in [1.54, 1.807) is 42.5 Å². The second kappa shape index (κ2) is 6.40. The highest BCUT2D eigenvalue weighted by atomic mass is 32.2. The molecule has 0 fully saturated rings. The molecule has 0 bridgehead atoms. The highest BCUT2D eigenvalue weighted by molar-refractivity contribution is 7.90. The Hall–Kier alpha value is -3.72. The average Bonchev–Trinajstić information content (AvgIpc) is 3.23. The van der Waals surface area contributed by atoms with Crippen LogP contribution in [-0.2, 0) is 10.0 Å². The molecule has 0 saturated heterocycles. The molecule has 0 N–H and O–H groups in total. The Labute approximate surface area is 173 Å². The van der Waals surface area contributed by atoms with Crippen LogP contribution < -0.4 is 10.4 Å². The van der Waals surface area contributed by atoms with E-state index in [1.165, 1.54) is 30.6 Å². The maximum atomic E-state index is 13.0. The zero-order valence-corrected chi connectivity index (χ0v) is 16.2. The zero-order chi connectivity index (χ0) is 21.0. The van der Waals surface area contributed by atoms with Gasteiger partial charge in [-0.3, -0.25) is 9.59 Å². The zero-order valence-electron chi connectivity index (χ0n) is 15.4. The minimum absolute atomic E-state index is 0.0909. The lowest BCUT2D eigenvalue weighted by Gasteiger charge is -2.14. The number of hydrogen-bond donors (Lipinski definition) is 0. The Morgan fingerprint density at radius 3 is 2.10 bits per heavy atom. The molecule has 144 valence electrons. The summed E-state index contributed by atoms with van der Waals surface area (Å²) in [6.45, 7) is 0. The van der Waals surface area contributed by atoms with Gasteiger partial charge in [-0.05, 0) is 30.3 Å². The molecule has 4 aromatic rings. The van der Waals surface area contributed by atoms with Gasteiger partial charge in [0, 0.05) is 11.6 Å². The number of carbonyl (C=O) groups excluding carboxylic acids is 2. The number of anilines is 1. The number of nitrogens with zero attached hydrogens (tertiary/aromatic N) is 3. The molecule has 2 amide bonds. The molecular formula is C21H12BN3O4S. The van der Waals surface area contributed by atoms with E-state index >= 15 is 0 Å². The van der Waals surface area contributed by atoms with Crippen molar-refractivity contribution >= 4 is 51.9 Å². The van der Waals surface area contributed by atoms with Gasteiger partial charge in [0.2, 0.25) is 0 Å². The number of aromatic nitrogens is 2. The number of hydrogen-bond acceptors (Lipinski definition) is 5. The molecule has 30 heavy (non-hydrogen) atoms. The number of fused-ring (bicyclic) bond motifs is 2. The molecule has 2 aromatic carbocycles. The van der Waals surface area contributed by atoms with Crippen molar-refractivity contribution in [3.05, 3.63) is 84.2 Å². The van der Waals surface area contributed by atoms with Gasteiger partial charge in [-0.25, -0.2) is 22.3 Å². The number of amides is 2. The first-order valence-corrected chi connectivity index (χ1v) is 10.4. The summed E-state index contributed by atoms with van der Waals surface area (Å²) in [6.07, 6.45) is 2.56. The Balaban J connectivity index is 1.64. The highest BCUT2D eigenvalue weighted by Crippen LogP contribution is 2.30. The molecule has 5 rings (SSSR count). The molecule has 2 radical (unpaired) electrons. The number of imide groups is 1. The largest absolute Gasteiger partial charge is 0.269 e. The summed E-state index contributed by atoms with van der Waals surface area (Å²) in [4.78, 5) is 30.8. The standard InChI is InChI=1S/C21H12BN3O4S/c22-18-12-24(30(28,29)14-6-2-1-3-7-14)19-17(18)10-13(11-23-19)25-20(26)15-8-4-5-9-16(15)21(25)27/h1-12H. The summed E-state index contributed by atoms with van der Waals surface area (Å²) in [5, 5.41) is 0.323. The van der Waals surface area contributed by atoms with Crippen LogP contribution >= 0.6 is 0 Å². The SMILES string of the molecule is [B]c1cn(S(=O)(=O)c2ccccc2)c2ncc(N3C(=O)c4ccccc4C3=O)cc12. The lowest BCUT2D eigenvalue weighted by atomic mass is 9.97. The first-order chi connectivity index (χ1) is 14.4. The van der Waals surface area contributed by atoms with Crippen molar-refractivity contribution in [2.75, 3.05) is 4.90 Å². The maximum Gasteiger partial charge on any atom is 0.269 e. The summed E-state index contributed by atoms with van der Waals surface area (Å²) in [7, 11) is 2.14. The summed E-state index contributed by atoms with van der Waals surface area (Å²) in [5.74, 6) is -0.932. The Kier molecular flexibility index (Phi) is 3.91. The minimum atomic E-state index is -3.92. The number of rotatable bonds is 3. The predicted molar refractivity (Wildman–Crippen MR) is 112 cm³/mol. The summed E-state index contributed by atoms with van der Waals surface area (Å²) < 4.78 is 27.0. The molecule has 9 heteroatoms. The number of benzene rings is 2. The third kappa shape index (κ3) is 2.52. The smallest absolute Gasteiger partial charge is 0.268 e. The minimum Gasteiger partial charge on any atom is -0.268 e. The van der Waals surface area contributed by atoms with Crippen LogP contribution in [0.3, 0.4) is 0 Å². The van der Waals surface area contributed by atoms with Crippen molar-refractivity contribution in [2.45, 2.75) is 4.90 Å². The highest BCUT2D eigenvalue weighted by Gasteiger charge is 2.36. The van der Waals surface area contributed by atoms with E-state index in [9.17, 15) is 18.0 Å². The van der Waals surface area contributed by atoms with E-state index in [0.29, 0.717) is 16.5 Å². The van der Waals surface area contributed by atoms with E-state index in [4.69, 9.17) is 7.85 Å². The lowest BCUT2D eigenvalue weighted by molar-refractivity contribution is 0.0926. The number of carbonyl (C=O) groups is 2. The summed E-state index contributed by atoms with van der Waals surface area (Å²) in [6, 6.07) is 15.9. The predicted octanol–water partition coefficient (Wildman–Crippen LogP) is 1.87. The van der Waals surface area contributed by atoms with E-state index < -0.39 is 21.8 Å². The van der Waals surface area contributed by atoms with Gasteiger partial charge in [-0.2, -0.15) is 0 Å². The van der Waals surface area contributed by atoms with Crippen molar-refractivity contribution in [3.8, 4) is 0 Å². The van der Waals surface area contributed by atoms with Crippen LogP contribution in [0, 0.1) is 0 Å². The third-order valence-corrected chi connectivity index (χ3v) is 6.64. The fraction of sp³-hybridized carbons (Fsp3) is 0. The van der Waals surface area contributed by atoms with Crippen molar-refractivity contribution < 1.29 is 18.0 Å². The van der Waals surface area contributed by atoms with Gasteiger partial charge < -0.3 is 0 Å². The molecule has 0 spiro atoms. The quantitative estimate of drug-likeness (QED) is 0.378. The average molecular weight is 413 g/mol. The van der Waals surface area contributed by atoms with Gasteiger partial charge in [0.1, 0.15) is 7.85 Å². The van der Waals surface area contributed by atoms with Crippen LogP contribution in [0.2, 0.25) is 0 Å². The van der Waals surface area contributed by atoms with E-state index in [0.717, 1.165) is 8.87 Å². The van der Waals surface area contributed by atoms with Crippen LogP contribution in [0.1, 0.15) is 20.7 Å². The third-order valence-electron chi connectivity index (χ3n) is 4.98. The van der Waals surface area contributed by atoms with Crippen molar-refractivity contribution in [2.24, 2.45) is 0 Å². The second-order valence-electron chi connectivity index (χ2n) is 6.75. The van der Waals surface area contributed by atoms with Crippen molar-refractivity contribution in [1.29, 1.82) is 0 Å². The Bertz CT molecular complexity index is 1430. The Morgan fingerprint density at radius 1 is 0.867 bits per heavy atom. The summed E-state index contributed by atoms with van der Waals surface area (Å²) >= 11 is 0. The van der Waals surface area contributed by atoms with E-state index in [1.807, 2.05) is 0 Å². The van der Waals surface area contributed by atoms with Crippen molar-refractivity contribution in [1.82, 2.24) is 8.96 Å². The van der Waals surface area contributed by atoms with Gasteiger partial charge in [0.05, 0.1) is 27.9 Å². The van der Waals surface area contributed by atoms with Crippen LogP contribution in [0.25, 0.3) is 11.0 Å². The fourth-order valence-corrected chi connectivity index (χ4v) is 4.88. The molecule has 1 aliphatic rings. The monoisotopic (exact) mass is 413 g/mol. The van der Waals surface area contributed by atoms with Gasteiger partial charge in [0.25, 0.3) is 21.8 Å². The molecule has 0 unspecified atom stereocenters. The summed E-state index contributed by atoms with van der Waals surface area (Å²) in [5.41, 5.74) is 1.10. The molecule has 1 aliphatic heterocycles. The van der Waals surface area contributed by atoms with E-state index in [2.05, 4.69) is 4.98 Å². The van der Waals surface area contributed by atoms with Gasteiger partial charge in [0.15, 0.2) is 5.65 Å². The fourth-order valence-electron chi connectivity index (χ4n) is 3.53. The van der Waals surface area contributed by atoms with Crippen molar-refractivity contribution in [3.63, 3.8) is 0 Å². The van der Waals surface area contributed by atoms with Crippen LogP contribution in [0.4, 0.5) is 5.69 Å². The van der Waals surface area contributed by atoms with Crippen LogP contribution in [0.15, 0.2) is 78.0 Å². The van der Waals surface area contributed by atoms with Gasteiger partial charge in [-0.1, -0.05) is 35.8 Å². The number of pyridine rings is 1. The molecular weight excluding hydrogens is 401 g/mol. The molecule has 0 atom stereocenters. The first-order valence-electron chi connectivity index (χ1n) is 8.94. The van der Waals surface area contributed by atoms with Crippen LogP contribution in [-0.4, -0.2) is 37.0 Å². The molecule has 0 aliphatic carbocycles. The topological polar surface area (TPSA) is 89.3 Å². The van der Waals surface area contributed by atoms with E-state index in [-0.39, 0.29) is 21.7 Å². The lowest BCUT2D eigenvalue weighted by Crippen LogP contribution is -2.29. The maximum absolute atomic E-state index is 13.0. The first kappa shape index (κ1) is 18.3. The van der Waals surface area contributed by atoms with Gasteiger partial charge in [-0.15, -0.1) is 0 Å². The second-order valence-corrected chi connectivity index (χ2v) is 8.57. The molecule has 0 saturated carbocycles. The molecule has 3 heterocycles.